The van der Waals surface area contributed by atoms with Crippen LogP contribution < -0.4 is 4.90 Å². The Kier molecular flexibility index (Phi) is 7.18. The minimum Gasteiger partial charge on any atom is -0.481 e. The zero-order chi connectivity index (χ0) is 23.2. The average molecular weight is 443 g/mol. The summed E-state index contributed by atoms with van der Waals surface area (Å²) in [4.78, 5) is 29.5. The zero-order valence-electron chi connectivity index (χ0n) is 19.0. The molecular formula is C28H30N2O3. The molecule has 2 aromatic carbocycles. The first-order valence-electron chi connectivity index (χ1n) is 11.6. The molecule has 170 valence electrons. The fourth-order valence-corrected chi connectivity index (χ4v) is 4.79. The van der Waals surface area contributed by atoms with E-state index in [0.717, 1.165) is 54.7 Å². The van der Waals surface area contributed by atoms with E-state index >= 15 is 0 Å². The lowest BCUT2D eigenvalue weighted by Crippen LogP contribution is -2.36. The van der Waals surface area contributed by atoms with Gasteiger partial charge in [-0.2, -0.15) is 0 Å². The van der Waals surface area contributed by atoms with Crippen LogP contribution in [0.2, 0.25) is 0 Å². The van der Waals surface area contributed by atoms with E-state index in [1.807, 2.05) is 43.5 Å². The number of carboxylic acid groups (broad SMARTS) is 1. The molecule has 0 saturated carbocycles. The van der Waals surface area contributed by atoms with Crippen LogP contribution in [0, 0.1) is 12.8 Å². The zero-order valence-corrected chi connectivity index (χ0v) is 19.0. The molecule has 1 saturated heterocycles. The van der Waals surface area contributed by atoms with Crippen LogP contribution in [-0.2, 0) is 11.2 Å². The standard InChI is InChI=1S/C28H30N2O3/c1-20-18-23(12-15-29-20)27(26-5-3-2-4-24(26)19-31)11-8-21-6-9-25(10-7-21)30-16-13-22(14-17-30)28(32)33/h2-7,9-10,12,15,18-19,22,27H,8,11,13-14,16-17H2,1H3,(H,32,33). The summed E-state index contributed by atoms with van der Waals surface area (Å²) in [5.41, 5.74) is 6.33. The van der Waals surface area contributed by atoms with Crippen LogP contribution in [0.1, 0.15) is 57.9 Å². The highest BCUT2D eigenvalue weighted by Gasteiger charge is 2.24. The summed E-state index contributed by atoms with van der Waals surface area (Å²) in [5, 5.41) is 9.21. The van der Waals surface area contributed by atoms with E-state index in [9.17, 15) is 14.7 Å². The molecule has 4 rings (SSSR count). The number of rotatable bonds is 8. The molecule has 1 unspecified atom stereocenters. The Hall–Kier alpha value is -3.47. The van der Waals surface area contributed by atoms with Gasteiger partial charge in [-0.3, -0.25) is 14.6 Å². The first-order chi connectivity index (χ1) is 16.0. The van der Waals surface area contributed by atoms with Gasteiger partial charge in [0.1, 0.15) is 6.29 Å². The topological polar surface area (TPSA) is 70.5 Å². The number of aryl methyl sites for hydroxylation is 2. The Morgan fingerprint density at radius 3 is 2.52 bits per heavy atom. The maximum atomic E-state index is 11.7. The number of aldehydes is 1. The van der Waals surface area contributed by atoms with Gasteiger partial charge in [0.05, 0.1) is 5.92 Å². The second-order valence-corrected chi connectivity index (χ2v) is 8.83. The van der Waals surface area contributed by atoms with Crippen molar-refractivity contribution in [3.8, 4) is 0 Å². The lowest BCUT2D eigenvalue weighted by Gasteiger charge is -2.32. The highest BCUT2D eigenvalue weighted by Crippen LogP contribution is 2.32. The van der Waals surface area contributed by atoms with E-state index in [2.05, 4.69) is 40.2 Å². The van der Waals surface area contributed by atoms with Crippen LogP contribution in [0.25, 0.3) is 0 Å². The van der Waals surface area contributed by atoms with E-state index in [4.69, 9.17) is 0 Å². The van der Waals surface area contributed by atoms with Crippen molar-refractivity contribution in [2.24, 2.45) is 5.92 Å². The second kappa shape index (κ2) is 10.4. The fraction of sp³-hybridized carbons (Fsp3) is 0.321. The van der Waals surface area contributed by atoms with Crippen molar-refractivity contribution in [1.82, 2.24) is 4.98 Å². The molecule has 5 nitrogen and oxygen atoms in total. The lowest BCUT2D eigenvalue weighted by molar-refractivity contribution is -0.142. The molecule has 3 aromatic rings. The van der Waals surface area contributed by atoms with Gasteiger partial charge in [0.25, 0.3) is 0 Å². The van der Waals surface area contributed by atoms with Gasteiger partial charge in [0.15, 0.2) is 0 Å². The molecule has 1 aliphatic heterocycles. The number of nitrogens with zero attached hydrogens (tertiary/aromatic N) is 2. The van der Waals surface area contributed by atoms with E-state index in [-0.39, 0.29) is 11.8 Å². The highest BCUT2D eigenvalue weighted by molar-refractivity contribution is 5.78. The van der Waals surface area contributed by atoms with Gasteiger partial charge in [-0.15, -0.1) is 0 Å². The van der Waals surface area contributed by atoms with Crippen molar-refractivity contribution in [2.75, 3.05) is 18.0 Å². The molecule has 1 atom stereocenters. The van der Waals surface area contributed by atoms with Gasteiger partial charge >= 0.3 is 5.97 Å². The molecule has 1 fully saturated rings. The van der Waals surface area contributed by atoms with E-state index < -0.39 is 5.97 Å². The van der Waals surface area contributed by atoms with Gasteiger partial charge in [-0.05, 0) is 73.6 Å². The molecule has 1 N–H and O–H groups in total. The van der Waals surface area contributed by atoms with Crippen LogP contribution in [0.4, 0.5) is 5.69 Å². The van der Waals surface area contributed by atoms with Crippen LogP contribution in [0.5, 0.6) is 0 Å². The molecule has 5 heteroatoms. The quantitative estimate of drug-likeness (QED) is 0.481. The molecule has 0 radical (unpaired) electrons. The predicted molar refractivity (Wildman–Crippen MR) is 130 cm³/mol. The fourth-order valence-electron chi connectivity index (χ4n) is 4.79. The first-order valence-corrected chi connectivity index (χ1v) is 11.6. The SMILES string of the molecule is Cc1cc(C(CCc2ccc(N3CCC(C(=O)O)CC3)cc2)c2ccccc2C=O)ccn1. The van der Waals surface area contributed by atoms with Crippen molar-refractivity contribution in [3.63, 3.8) is 0 Å². The van der Waals surface area contributed by atoms with Crippen molar-refractivity contribution < 1.29 is 14.7 Å². The number of anilines is 1. The van der Waals surface area contributed by atoms with Crippen molar-refractivity contribution >= 4 is 17.9 Å². The molecule has 1 aromatic heterocycles. The number of carboxylic acids is 1. The third-order valence-corrected chi connectivity index (χ3v) is 6.69. The number of carbonyl (C=O) groups is 2. The maximum Gasteiger partial charge on any atom is 0.306 e. The first kappa shape index (κ1) is 22.7. The summed E-state index contributed by atoms with van der Waals surface area (Å²) in [6, 6.07) is 20.6. The van der Waals surface area contributed by atoms with E-state index in [1.165, 1.54) is 11.1 Å². The minimum absolute atomic E-state index is 0.114. The number of hydrogen-bond donors (Lipinski definition) is 1. The lowest BCUT2D eigenvalue weighted by atomic mass is 9.84. The van der Waals surface area contributed by atoms with Crippen molar-refractivity contribution in [1.29, 1.82) is 0 Å². The monoisotopic (exact) mass is 442 g/mol. The number of carbonyl (C=O) groups excluding carboxylic acids is 1. The van der Waals surface area contributed by atoms with Crippen LogP contribution >= 0.6 is 0 Å². The Balaban J connectivity index is 1.48. The summed E-state index contributed by atoms with van der Waals surface area (Å²) in [6.07, 6.45) is 5.95. The second-order valence-electron chi connectivity index (χ2n) is 8.83. The number of piperidine rings is 1. The number of aliphatic carboxylic acids is 1. The van der Waals surface area contributed by atoms with Crippen LogP contribution in [0.3, 0.4) is 0 Å². The molecule has 2 heterocycles. The third kappa shape index (κ3) is 5.48. The van der Waals surface area contributed by atoms with Crippen molar-refractivity contribution in [2.45, 2.75) is 38.5 Å². The molecule has 0 bridgehead atoms. The molecule has 0 spiro atoms. The van der Waals surface area contributed by atoms with Crippen LogP contribution in [0.15, 0.2) is 66.9 Å². The van der Waals surface area contributed by atoms with Crippen molar-refractivity contribution in [3.05, 3.63) is 94.8 Å². The predicted octanol–water partition coefficient (Wildman–Crippen LogP) is 5.27. The summed E-state index contributed by atoms with van der Waals surface area (Å²) in [5.74, 6) is -0.786. The van der Waals surface area contributed by atoms with Gasteiger partial charge in [-0.1, -0.05) is 36.4 Å². The minimum atomic E-state index is -0.680. The Morgan fingerprint density at radius 2 is 1.85 bits per heavy atom. The van der Waals surface area contributed by atoms with Gasteiger partial charge in [0, 0.05) is 42.1 Å². The van der Waals surface area contributed by atoms with Crippen LogP contribution in [-0.4, -0.2) is 35.4 Å². The van der Waals surface area contributed by atoms with E-state index in [1.54, 1.807) is 0 Å². The molecule has 33 heavy (non-hydrogen) atoms. The summed E-state index contributed by atoms with van der Waals surface area (Å²) in [7, 11) is 0. The third-order valence-electron chi connectivity index (χ3n) is 6.69. The Labute approximate surface area is 195 Å². The number of hydrogen-bond acceptors (Lipinski definition) is 4. The Bertz CT molecular complexity index is 1100. The van der Waals surface area contributed by atoms with E-state index in [0.29, 0.717) is 12.8 Å². The molecule has 0 amide bonds. The van der Waals surface area contributed by atoms with Gasteiger partial charge in [0.2, 0.25) is 0 Å². The average Bonchev–Trinajstić information content (AvgIpc) is 2.85. The number of aromatic nitrogens is 1. The van der Waals surface area contributed by atoms with Gasteiger partial charge in [-0.25, -0.2) is 0 Å². The largest absolute Gasteiger partial charge is 0.481 e. The normalized spacial score (nSPS) is 15.2. The summed E-state index contributed by atoms with van der Waals surface area (Å²) in [6.45, 7) is 3.55. The Morgan fingerprint density at radius 1 is 1.12 bits per heavy atom. The number of pyridine rings is 1. The maximum absolute atomic E-state index is 11.7. The highest BCUT2D eigenvalue weighted by atomic mass is 16.4. The summed E-state index contributed by atoms with van der Waals surface area (Å²) >= 11 is 0. The molecule has 0 aliphatic carbocycles. The molecular weight excluding hydrogens is 412 g/mol. The smallest absolute Gasteiger partial charge is 0.306 e. The summed E-state index contributed by atoms with van der Waals surface area (Å²) < 4.78 is 0. The van der Waals surface area contributed by atoms with Gasteiger partial charge < -0.3 is 10.0 Å². The number of benzene rings is 2. The molecule has 1 aliphatic rings.